The molecular formula is C10H9ClN2O2. The first-order valence-corrected chi connectivity index (χ1v) is 4.80. The van der Waals surface area contributed by atoms with Crippen LogP contribution >= 0.6 is 11.6 Å². The van der Waals surface area contributed by atoms with Gasteiger partial charge in [0.15, 0.2) is 0 Å². The van der Waals surface area contributed by atoms with Crippen LogP contribution in [-0.2, 0) is 10.3 Å². The number of urea groups is 1. The summed E-state index contributed by atoms with van der Waals surface area (Å²) in [6, 6.07) is 6.32. The van der Waals surface area contributed by atoms with Crippen molar-refractivity contribution in [2.45, 2.75) is 12.5 Å². The maximum absolute atomic E-state index is 11.6. The molecule has 2 N–H and O–H groups in total. The van der Waals surface area contributed by atoms with Crippen LogP contribution in [0.1, 0.15) is 12.5 Å². The third-order valence-electron chi connectivity index (χ3n) is 2.47. The predicted molar refractivity (Wildman–Crippen MR) is 55.5 cm³/mol. The first kappa shape index (κ1) is 9.98. The molecule has 1 saturated heterocycles. The lowest BCUT2D eigenvalue weighted by atomic mass is 9.92. The van der Waals surface area contributed by atoms with E-state index in [4.69, 9.17) is 11.6 Å². The van der Waals surface area contributed by atoms with Crippen LogP contribution in [-0.4, -0.2) is 11.9 Å². The van der Waals surface area contributed by atoms with Crippen LogP contribution in [0.2, 0.25) is 5.02 Å². The molecule has 2 rings (SSSR count). The van der Waals surface area contributed by atoms with E-state index >= 15 is 0 Å². The molecule has 0 saturated carbocycles. The van der Waals surface area contributed by atoms with Crippen molar-refractivity contribution in [2.75, 3.05) is 0 Å². The average Bonchev–Trinajstić information content (AvgIpc) is 2.42. The van der Waals surface area contributed by atoms with E-state index in [-0.39, 0.29) is 5.91 Å². The largest absolute Gasteiger partial charge is 0.322 e. The van der Waals surface area contributed by atoms with Crippen LogP contribution in [0.4, 0.5) is 4.79 Å². The fourth-order valence-electron chi connectivity index (χ4n) is 1.53. The van der Waals surface area contributed by atoms with Crippen molar-refractivity contribution >= 4 is 23.5 Å². The highest BCUT2D eigenvalue weighted by molar-refractivity contribution is 6.30. The molecule has 0 aromatic heterocycles. The van der Waals surface area contributed by atoms with Crippen molar-refractivity contribution in [3.05, 3.63) is 34.9 Å². The summed E-state index contributed by atoms with van der Waals surface area (Å²) in [6.45, 7) is 1.65. The maximum Gasteiger partial charge on any atom is 0.322 e. The van der Waals surface area contributed by atoms with Crippen molar-refractivity contribution in [1.82, 2.24) is 10.6 Å². The average molecular weight is 225 g/mol. The zero-order valence-electron chi connectivity index (χ0n) is 8.00. The number of halogens is 1. The minimum absolute atomic E-state index is 0.352. The molecule has 0 bridgehead atoms. The van der Waals surface area contributed by atoms with E-state index in [1.165, 1.54) is 0 Å². The highest BCUT2D eigenvalue weighted by Gasteiger charge is 2.43. The van der Waals surface area contributed by atoms with Crippen molar-refractivity contribution in [1.29, 1.82) is 0 Å². The molecule has 0 radical (unpaired) electrons. The van der Waals surface area contributed by atoms with E-state index in [1.807, 2.05) is 0 Å². The molecule has 15 heavy (non-hydrogen) atoms. The van der Waals surface area contributed by atoms with Crippen molar-refractivity contribution in [3.8, 4) is 0 Å². The molecule has 1 aromatic rings. The standard InChI is InChI=1S/C10H9ClN2O2/c1-10(8(14)12-9(15)13-10)6-2-4-7(11)5-3-6/h2-5H,1H3,(H2,12,13,14,15)/t10-/m1/s1. The third kappa shape index (κ3) is 1.57. The van der Waals surface area contributed by atoms with E-state index in [9.17, 15) is 9.59 Å². The number of rotatable bonds is 1. The number of carbonyl (C=O) groups excluding carboxylic acids is 2. The van der Waals surface area contributed by atoms with Crippen LogP contribution in [0.3, 0.4) is 0 Å². The van der Waals surface area contributed by atoms with Crippen LogP contribution in [0.15, 0.2) is 24.3 Å². The van der Waals surface area contributed by atoms with Crippen LogP contribution in [0, 0.1) is 0 Å². The lowest BCUT2D eigenvalue weighted by Gasteiger charge is -2.20. The molecule has 4 nitrogen and oxygen atoms in total. The number of benzene rings is 1. The van der Waals surface area contributed by atoms with E-state index in [2.05, 4.69) is 10.6 Å². The molecule has 5 heteroatoms. The number of amides is 3. The Bertz CT molecular complexity index is 430. The van der Waals surface area contributed by atoms with Crippen LogP contribution < -0.4 is 10.6 Å². The Labute approximate surface area is 91.6 Å². The minimum Gasteiger partial charge on any atom is -0.320 e. The maximum atomic E-state index is 11.6. The Morgan fingerprint density at radius 1 is 1.20 bits per heavy atom. The van der Waals surface area contributed by atoms with Gasteiger partial charge in [-0.05, 0) is 24.6 Å². The summed E-state index contributed by atoms with van der Waals surface area (Å²) >= 11 is 5.74. The minimum atomic E-state index is -0.998. The highest BCUT2D eigenvalue weighted by Crippen LogP contribution is 2.25. The van der Waals surface area contributed by atoms with Gasteiger partial charge in [-0.3, -0.25) is 10.1 Å². The van der Waals surface area contributed by atoms with Gasteiger partial charge in [0.25, 0.3) is 5.91 Å². The van der Waals surface area contributed by atoms with Gasteiger partial charge in [0.1, 0.15) is 5.54 Å². The first-order valence-electron chi connectivity index (χ1n) is 4.42. The summed E-state index contributed by atoms with van der Waals surface area (Å²) in [6.07, 6.45) is 0. The lowest BCUT2D eigenvalue weighted by Crippen LogP contribution is -2.40. The van der Waals surface area contributed by atoms with Crippen LogP contribution in [0.5, 0.6) is 0 Å². The number of hydrogen-bond acceptors (Lipinski definition) is 2. The monoisotopic (exact) mass is 224 g/mol. The SMILES string of the molecule is C[C@]1(c2ccc(Cl)cc2)NC(=O)NC1=O. The van der Waals surface area contributed by atoms with Gasteiger partial charge in [-0.1, -0.05) is 23.7 Å². The van der Waals surface area contributed by atoms with Crippen molar-refractivity contribution in [3.63, 3.8) is 0 Å². The quantitative estimate of drug-likeness (QED) is 0.709. The highest BCUT2D eigenvalue weighted by atomic mass is 35.5. The second-order valence-corrected chi connectivity index (χ2v) is 3.98. The van der Waals surface area contributed by atoms with Gasteiger partial charge in [-0.25, -0.2) is 4.79 Å². The van der Waals surface area contributed by atoms with E-state index in [0.29, 0.717) is 10.6 Å². The number of hydrogen-bond donors (Lipinski definition) is 2. The van der Waals surface area contributed by atoms with E-state index < -0.39 is 11.6 Å². The second kappa shape index (κ2) is 3.24. The zero-order chi connectivity index (χ0) is 11.1. The molecule has 1 aliphatic rings. The first-order chi connectivity index (χ1) is 7.02. The van der Waals surface area contributed by atoms with Crippen LogP contribution in [0.25, 0.3) is 0 Å². The summed E-state index contributed by atoms with van der Waals surface area (Å²) in [5.41, 5.74) is -0.294. The van der Waals surface area contributed by atoms with Gasteiger partial charge in [-0.15, -0.1) is 0 Å². The second-order valence-electron chi connectivity index (χ2n) is 3.54. The molecule has 1 atom stereocenters. The topological polar surface area (TPSA) is 58.2 Å². The summed E-state index contributed by atoms with van der Waals surface area (Å²) in [5.74, 6) is -0.352. The Morgan fingerprint density at radius 3 is 2.27 bits per heavy atom. The molecule has 0 unspecified atom stereocenters. The van der Waals surface area contributed by atoms with Gasteiger partial charge < -0.3 is 5.32 Å². The normalized spacial score (nSPS) is 24.9. The predicted octanol–water partition coefficient (Wildman–Crippen LogP) is 1.39. The third-order valence-corrected chi connectivity index (χ3v) is 2.72. The Hall–Kier alpha value is -1.55. The molecule has 78 valence electrons. The molecule has 1 aliphatic heterocycles. The summed E-state index contributed by atoms with van der Waals surface area (Å²) < 4.78 is 0. The molecule has 1 aromatic carbocycles. The van der Waals surface area contributed by atoms with Gasteiger partial charge in [0, 0.05) is 5.02 Å². The lowest BCUT2D eigenvalue weighted by molar-refractivity contribution is -0.123. The molecular weight excluding hydrogens is 216 g/mol. The zero-order valence-corrected chi connectivity index (χ0v) is 8.76. The van der Waals surface area contributed by atoms with E-state index in [1.54, 1.807) is 31.2 Å². The number of nitrogens with one attached hydrogen (secondary N) is 2. The van der Waals surface area contributed by atoms with E-state index in [0.717, 1.165) is 0 Å². The van der Waals surface area contributed by atoms with Gasteiger partial charge >= 0.3 is 6.03 Å². The van der Waals surface area contributed by atoms with Crippen molar-refractivity contribution < 1.29 is 9.59 Å². The Kier molecular flexibility index (Phi) is 2.16. The molecule has 3 amide bonds. The molecule has 0 aliphatic carbocycles. The Morgan fingerprint density at radius 2 is 1.80 bits per heavy atom. The van der Waals surface area contributed by atoms with Crippen molar-refractivity contribution in [2.24, 2.45) is 0 Å². The van der Waals surface area contributed by atoms with Gasteiger partial charge in [-0.2, -0.15) is 0 Å². The Balaban J connectivity index is 2.41. The summed E-state index contributed by atoms with van der Waals surface area (Å²) in [7, 11) is 0. The molecule has 0 spiro atoms. The smallest absolute Gasteiger partial charge is 0.320 e. The molecule has 1 heterocycles. The van der Waals surface area contributed by atoms with Gasteiger partial charge in [0.2, 0.25) is 0 Å². The molecule has 1 fully saturated rings. The summed E-state index contributed by atoms with van der Waals surface area (Å²) in [5, 5.41) is 5.36. The van der Waals surface area contributed by atoms with Gasteiger partial charge in [0.05, 0.1) is 0 Å². The summed E-state index contributed by atoms with van der Waals surface area (Å²) in [4.78, 5) is 22.6. The number of imide groups is 1. The fourth-order valence-corrected chi connectivity index (χ4v) is 1.66. The number of carbonyl (C=O) groups is 2. The fraction of sp³-hybridized carbons (Fsp3) is 0.200.